The second-order valence-corrected chi connectivity index (χ2v) is 1.75. The molecule has 0 aromatic heterocycles. The summed E-state index contributed by atoms with van der Waals surface area (Å²) in [5.41, 5.74) is 0. The molecule has 0 rings (SSSR count). The smallest absolute Gasteiger partial charge is 0.156 e. The largest absolute Gasteiger partial charge is 0.299 e. The summed E-state index contributed by atoms with van der Waals surface area (Å²) in [6.45, 7) is 0. The van der Waals surface area contributed by atoms with Crippen molar-refractivity contribution in [2.24, 2.45) is 0 Å². The number of hydrogen-bond acceptors (Lipinski definition) is 3. The molecule has 0 unspecified atom stereocenters. The van der Waals surface area contributed by atoms with Crippen molar-refractivity contribution in [2.45, 2.75) is 0 Å². The van der Waals surface area contributed by atoms with Crippen LogP contribution >= 0.6 is 12.6 Å². The van der Waals surface area contributed by atoms with Crippen LogP contribution in [0.25, 0.3) is 0 Å². The van der Waals surface area contributed by atoms with Gasteiger partial charge in [0.05, 0.1) is 0 Å². The average molecular weight is 142 g/mol. The molecule has 0 spiro atoms. The molecule has 0 saturated carbocycles. The third-order valence-electron chi connectivity index (χ3n) is 0.577. The molecule has 0 aromatic carbocycles. The third-order valence-corrected chi connectivity index (χ3v) is 0.832. The molecule has 0 fully saturated rings. The SMILES string of the molecule is O=C/C=C/C=C(\S)C=O. The maximum absolute atomic E-state index is 9.83. The second kappa shape index (κ2) is 5.31. The zero-order chi connectivity index (χ0) is 7.11. The molecule has 0 N–H and O–H groups in total. The van der Waals surface area contributed by atoms with Crippen LogP contribution in [0.4, 0.5) is 0 Å². The van der Waals surface area contributed by atoms with Crippen molar-refractivity contribution in [2.75, 3.05) is 0 Å². The molecule has 0 aliphatic heterocycles. The number of carbonyl (C=O) groups excluding carboxylic acids is 2. The normalized spacial score (nSPS) is 11.9. The fourth-order valence-electron chi connectivity index (χ4n) is 0.239. The highest BCUT2D eigenvalue weighted by molar-refractivity contribution is 7.85. The zero-order valence-corrected chi connectivity index (χ0v) is 5.54. The Balaban J connectivity index is 3.81. The van der Waals surface area contributed by atoms with Crippen LogP contribution in [0.3, 0.4) is 0 Å². The molecule has 0 heterocycles. The molecule has 2 nitrogen and oxygen atoms in total. The first-order valence-electron chi connectivity index (χ1n) is 2.27. The molecule has 0 amide bonds. The van der Waals surface area contributed by atoms with Crippen LogP contribution in [-0.2, 0) is 9.59 Å². The van der Waals surface area contributed by atoms with Crippen LogP contribution in [0.1, 0.15) is 0 Å². The standard InChI is InChI=1S/C6H6O2S/c7-4-2-1-3-6(9)5-8/h1-5,9H/b2-1+,6-3-. The van der Waals surface area contributed by atoms with Crippen LogP contribution < -0.4 is 0 Å². The highest BCUT2D eigenvalue weighted by atomic mass is 32.1. The number of carbonyl (C=O) groups is 2. The maximum atomic E-state index is 9.83. The van der Waals surface area contributed by atoms with Gasteiger partial charge in [0.15, 0.2) is 6.29 Å². The van der Waals surface area contributed by atoms with E-state index in [1.807, 2.05) is 0 Å². The van der Waals surface area contributed by atoms with E-state index in [2.05, 4.69) is 12.6 Å². The van der Waals surface area contributed by atoms with E-state index in [-0.39, 0.29) is 0 Å². The Morgan fingerprint density at radius 3 is 2.33 bits per heavy atom. The lowest BCUT2D eigenvalue weighted by Gasteiger charge is -1.76. The quantitative estimate of drug-likeness (QED) is 0.273. The topological polar surface area (TPSA) is 34.1 Å². The minimum absolute atomic E-state index is 0.299. The Bertz CT molecular complexity index is 158. The predicted octanol–water partition coefficient (Wildman–Crippen LogP) is 0.754. The van der Waals surface area contributed by atoms with Crippen molar-refractivity contribution in [1.29, 1.82) is 0 Å². The van der Waals surface area contributed by atoms with Gasteiger partial charge in [-0.2, -0.15) is 0 Å². The average Bonchev–Trinajstić information content (AvgIpc) is 1.89. The Hall–Kier alpha value is -0.830. The number of allylic oxidation sites excluding steroid dienone is 4. The molecule has 48 valence electrons. The molecule has 9 heavy (non-hydrogen) atoms. The van der Waals surface area contributed by atoms with E-state index in [4.69, 9.17) is 0 Å². The van der Waals surface area contributed by atoms with Crippen LogP contribution in [0.2, 0.25) is 0 Å². The molecule has 0 aromatic rings. The van der Waals surface area contributed by atoms with Crippen molar-refractivity contribution in [1.82, 2.24) is 0 Å². The van der Waals surface area contributed by atoms with E-state index in [0.717, 1.165) is 0 Å². The summed E-state index contributed by atoms with van der Waals surface area (Å²) < 4.78 is 0. The highest BCUT2D eigenvalue weighted by Crippen LogP contribution is 1.93. The molecule has 0 bridgehead atoms. The summed E-state index contributed by atoms with van der Waals surface area (Å²) in [4.78, 5) is 19.8. The molecule has 0 radical (unpaired) electrons. The summed E-state index contributed by atoms with van der Waals surface area (Å²) in [7, 11) is 0. The first-order chi connectivity index (χ1) is 4.31. The lowest BCUT2D eigenvalue weighted by molar-refractivity contribution is -0.105. The second-order valence-electron chi connectivity index (χ2n) is 1.23. The third kappa shape index (κ3) is 5.03. The van der Waals surface area contributed by atoms with E-state index < -0.39 is 0 Å². The van der Waals surface area contributed by atoms with E-state index in [1.54, 1.807) is 0 Å². The summed E-state index contributed by atoms with van der Waals surface area (Å²) in [6, 6.07) is 0. The van der Waals surface area contributed by atoms with Gasteiger partial charge in [-0.3, -0.25) is 9.59 Å². The number of rotatable bonds is 3. The lowest BCUT2D eigenvalue weighted by atomic mass is 10.4. The van der Waals surface area contributed by atoms with Gasteiger partial charge in [0.25, 0.3) is 0 Å². The lowest BCUT2D eigenvalue weighted by Crippen LogP contribution is -1.68. The molecule has 0 aliphatic rings. The van der Waals surface area contributed by atoms with Gasteiger partial charge in [-0.25, -0.2) is 0 Å². The van der Waals surface area contributed by atoms with Gasteiger partial charge in [-0.15, -0.1) is 12.6 Å². The summed E-state index contributed by atoms with van der Waals surface area (Å²) >= 11 is 3.73. The van der Waals surface area contributed by atoms with E-state index in [0.29, 0.717) is 17.5 Å². The Kier molecular flexibility index (Phi) is 4.82. The molecular weight excluding hydrogens is 136 g/mol. The first kappa shape index (κ1) is 8.17. The number of thiol groups is 1. The molecular formula is C6H6O2S. The molecule has 0 atom stereocenters. The van der Waals surface area contributed by atoms with Gasteiger partial charge in [-0.1, -0.05) is 6.08 Å². The molecule has 0 aliphatic carbocycles. The van der Waals surface area contributed by atoms with Gasteiger partial charge >= 0.3 is 0 Å². The van der Waals surface area contributed by atoms with E-state index >= 15 is 0 Å². The minimum atomic E-state index is 0.299. The summed E-state index contributed by atoms with van der Waals surface area (Å²) in [5, 5.41) is 0. The van der Waals surface area contributed by atoms with Crippen LogP contribution in [-0.4, -0.2) is 12.6 Å². The first-order valence-corrected chi connectivity index (χ1v) is 2.72. The van der Waals surface area contributed by atoms with Crippen molar-refractivity contribution < 1.29 is 9.59 Å². The van der Waals surface area contributed by atoms with Crippen LogP contribution in [0.15, 0.2) is 23.1 Å². The van der Waals surface area contributed by atoms with E-state index in [1.165, 1.54) is 18.2 Å². The van der Waals surface area contributed by atoms with Gasteiger partial charge in [0, 0.05) is 4.91 Å². The maximum Gasteiger partial charge on any atom is 0.156 e. The number of aldehydes is 2. The summed E-state index contributed by atoms with van der Waals surface area (Å²) in [6.07, 6.45) is 5.38. The monoisotopic (exact) mass is 142 g/mol. The van der Waals surface area contributed by atoms with Crippen LogP contribution in [0, 0.1) is 0 Å². The van der Waals surface area contributed by atoms with E-state index in [9.17, 15) is 9.59 Å². The van der Waals surface area contributed by atoms with Crippen molar-refractivity contribution in [3.05, 3.63) is 23.1 Å². The van der Waals surface area contributed by atoms with Crippen molar-refractivity contribution >= 4 is 25.2 Å². The minimum Gasteiger partial charge on any atom is -0.299 e. The van der Waals surface area contributed by atoms with Gasteiger partial charge < -0.3 is 0 Å². The van der Waals surface area contributed by atoms with Crippen molar-refractivity contribution in [3.8, 4) is 0 Å². The predicted molar refractivity (Wildman–Crippen MR) is 38.3 cm³/mol. The Labute approximate surface area is 58.7 Å². The van der Waals surface area contributed by atoms with Crippen molar-refractivity contribution in [3.63, 3.8) is 0 Å². The fraction of sp³-hybridized carbons (Fsp3) is 0. The highest BCUT2D eigenvalue weighted by Gasteiger charge is 1.77. The Morgan fingerprint density at radius 1 is 1.22 bits per heavy atom. The van der Waals surface area contributed by atoms with Gasteiger partial charge in [0.1, 0.15) is 6.29 Å². The molecule has 3 heteroatoms. The Morgan fingerprint density at radius 2 is 1.89 bits per heavy atom. The molecule has 0 saturated heterocycles. The van der Waals surface area contributed by atoms with Gasteiger partial charge in [-0.05, 0) is 12.2 Å². The fourth-order valence-corrected chi connectivity index (χ4v) is 0.325. The summed E-state index contributed by atoms with van der Waals surface area (Å²) in [5.74, 6) is 0. The van der Waals surface area contributed by atoms with Gasteiger partial charge in [0.2, 0.25) is 0 Å². The van der Waals surface area contributed by atoms with Crippen LogP contribution in [0.5, 0.6) is 0 Å². The number of hydrogen-bond donors (Lipinski definition) is 1. The zero-order valence-electron chi connectivity index (χ0n) is 4.65.